The van der Waals surface area contributed by atoms with E-state index in [2.05, 4.69) is 10.1 Å². The van der Waals surface area contributed by atoms with Gasteiger partial charge in [-0.25, -0.2) is 9.78 Å². The van der Waals surface area contributed by atoms with Crippen LogP contribution in [0, 0.1) is 0 Å². The number of carbonyl (C=O) groups excluding carboxylic acids is 1. The molecule has 0 fully saturated rings. The summed E-state index contributed by atoms with van der Waals surface area (Å²) in [6.45, 7) is 3.79. The molecule has 4 rings (SSSR count). The fraction of sp³-hybridized carbons (Fsp3) is 0.276. The maximum absolute atomic E-state index is 14.2. The van der Waals surface area contributed by atoms with E-state index in [-0.39, 0.29) is 30.8 Å². The van der Waals surface area contributed by atoms with E-state index in [0.29, 0.717) is 38.0 Å². The van der Waals surface area contributed by atoms with Crippen LogP contribution in [0.3, 0.4) is 0 Å². The molecule has 0 unspecified atom stereocenters. The molecule has 0 bridgehead atoms. The minimum absolute atomic E-state index is 0.0731. The molecule has 0 atom stereocenters. The zero-order valence-electron chi connectivity index (χ0n) is 22.7. The third kappa shape index (κ3) is 6.77. The molecule has 12 heteroatoms. The predicted octanol–water partition coefficient (Wildman–Crippen LogP) is 7.85. The lowest BCUT2D eigenvalue weighted by Gasteiger charge is -2.23. The molecule has 2 heterocycles. The van der Waals surface area contributed by atoms with Gasteiger partial charge < -0.3 is 14.4 Å². The number of rotatable bonds is 9. The van der Waals surface area contributed by atoms with Crippen molar-refractivity contribution in [1.82, 2.24) is 14.8 Å². The summed E-state index contributed by atoms with van der Waals surface area (Å²) in [5.41, 5.74) is 1.41. The number of nitrogens with zero attached hydrogens (tertiary/aromatic N) is 4. The SMILES string of the molecule is COC(=O)c1cccc(CN(C)c2ccc(OCc3c(-c4c(Cl)cccc4Cl)cnn3C(C)C)nc2C(F)(F)F)c1. The van der Waals surface area contributed by atoms with E-state index in [4.69, 9.17) is 32.7 Å². The molecule has 0 aliphatic carbocycles. The maximum atomic E-state index is 14.2. The van der Waals surface area contributed by atoms with Crippen molar-refractivity contribution in [3.8, 4) is 17.0 Å². The summed E-state index contributed by atoms with van der Waals surface area (Å²) in [6, 6.07) is 14.2. The van der Waals surface area contributed by atoms with E-state index in [1.165, 1.54) is 31.2 Å². The summed E-state index contributed by atoms with van der Waals surface area (Å²) in [5.74, 6) is -0.748. The van der Waals surface area contributed by atoms with Crippen LogP contribution in [-0.4, -0.2) is 34.9 Å². The minimum atomic E-state index is -4.76. The first-order valence-electron chi connectivity index (χ1n) is 12.5. The van der Waals surface area contributed by atoms with Gasteiger partial charge in [-0.3, -0.25) is 4.68 Å². The largest absolute Gasteiger partial charge is 0.471 e. The number of esters is 1. The number of anilines is 1. The average molecular weight is 607 g/mol. The van der Waals surface area contributed by atoms with Crippen LogP contribution in [0.2, 0.25) is 10.0 Å². The van der Waals surface area contributed by atoms with Crippen molar-refractivity contribution >= 4 is 34.9 Å². The molecule has 0 N–H and O–H groups in total. The van der Waals surface area contributed by atoms with Gasteiger partial charge in [0.15, 0.2) is 5.69 Å². The highest BCUT2D eigenvalue weighted by Gasteiger charge is 2.37. The zero-order valence-corrected chi connectivity index (χ0v) is 24.2. The number of halogens is 5. The second-order valence-electron chi connectivity index (χ2n) is 9.49. The van der Waals surface area contributed by atoms with Gasteiger partial charge in [-0.05, 0) is 49.7 Å². The van der Waals surface area contributed by atoms with Gasteiger partial charge in [0.25, 0.3) is 0 Å². The Bertz CT molecular complexity index is 1540. The van der Waals surface area contributed by atoms with Gasteiger partial charge in [0.05, 0.1) is 40.3 Å². The van der Waals surface area contributed by atoms with Crippen molar-refractivity contribution in [2.75, 3.05) is 19.1 Å². The molecule has 0 saturated carbocycles. The maximum Gasteiger partial charge on any atom is 0.435 e. The van der Waals surface area contributed by atoms with Gasteiger partial charge in [-0.1, -0.05) is 41.4 Å². The fourth-order valence-corrected chi connectivity index (χ4v) is 4.99. The van der Waals surface area contributed by atoms with Gasteiger partial charge in [0, 0.05) is 36.8 Å². The van der Waals surface area contributed by atoms with Gasteiger partial charge >= 0.3 is 12.1 Å². The highest BCUT2D eigenvalue weighted by atomic mass is 35.5. The Labute approximate surface area is 245 Å². The van der Waals surface area contributed by atoms with Crippen molar-refractivity contribution in [2.24, 2.45) is 0 Å². The lowest BCUT2D eigenvalue weighted by Crippen LogP contribution is -2.22. The molecular formula is C29H27Cl2F3N4O3. The van der Waals surface area contributed by atoms with E-state index < -0.39 is 17.8 Å². The van der Waals surface area contributed by atoms with Crippen molar-refractivity contribution in [3.05, 3.63) is 93.4 Å². The number of ether oxygens (including phenoxy) is 2. The standard InChI is InChI=1S/C29H27Cl2F3N4O3/c1-17(2)38-24(20(14-35-38)26-21(30)9-6-10-22(26)31)16-41-25-12-11-23(27(36-25)29(32,33)34)37(3)15-18-7-5-8-19(13-18)28(39)40-4/h5-14,17H,15-16H2,1-4H3. The van der Waals surface area contributed by atoms with Gasteiger partial charge in [-0.15, -0.1) is 0 Å². The topological polar surface area (TPSA) is 69.5 Å². The fourth-order valence-electron chi connectivity index (χ4n) is 4.39. The van der Waals surface area contributed by atoms with E-state index >= 15 is 0 Å². The van der Waals surface area contributed by atoms with Crippen molar-refractivity contribution in [2.45, 2.75) is 39.2 Å². The predicted molar refractivity (Wildman–Crippen MR) is 152 cm³/mol. The number of hydrogen-bond acceptors (Lipinski definition) is 6. The van der Waals surface area contributed by atoms with Crippen LogP contribution in [0.5, 0.6) is 5.88 Å². The van der Waals surface area contributed by atoms with Crippen molar-refractivity contribution in [3.63, 3.8) is 0 Å². The quantitative estimate of drug-likeness (QED) is 0.181. The number of alkyl halides is 3. The molecule has 7 nitrogen and oxygen atoms in total. The first-order chi connectivity index (χ1) is 19.4. The third-order valence-corrected chi connectivity index (χ3v) is 6.90. The summed E-state index contributed by atoms with van der Waals surface area (Å²) in [6.07, 6.45) is -3.15. The second-order valence-corrected chi connectivity index (χ2v) is 10.3. The molecule has 2 aromatic carbocycles. The third-order valence-electron chi connectivity index (χ3n) is 6.27. The Kier molecular flexibility index (Phi) is 9.14. The Morgan fingerprint density at radius 3 is 2.39 bits per heavy atom. The zero-order chi connectivity index (χ0) is 29.9. The second kappa shape index (κ2) is 12.4. The summed E-state index contributed by atoms with van der Waals surface area (Å²) in [7, 11) is 2.77. The van der Waals surface area contributed by atoms with Crippen LogP contribution in [0.1, 0.15) is 47.2 Å². The van der Waals surface area contributed by atoms with E-state index in [9.17, 15) is 18.0 Å². The Hall–Kier alpha value is -3.76. The smallest absolute Gasteiger partial charge is 0.435 e. The van der Waals surface area contributed by atoms with Gasteiger partial charge in [-0.2, -0.15) is 18.3 Å². The lowest BCUT2D eigenvalue weighted by molar-refractivity contribution is -0.140. The van der Waals surface area contributed by atoms with Gasteiger partial charge in [0.1, 0.15) is 6.61 Å². The monoisotopic (exact) mass is 606 g/mol. The molecule has 216 valence electrons. The Balaban J connectivity index is 1.63. The molecule has 0 aliphatic heterocycles. The minimum Gasteiger partial charge on any atom is -0.471 e. The number of aromatic nitrogens is 3. The highest BCUT2D eigenvalue weighted by molar-refractivity contribution is 6.39. The Morgan fingerprint density at radius 2 is 1.76 bits per heavy atom. The van der Waals surface area contributed by atoms with Crippen LogP contribution in [0.25, 0.3) is 11.1 Å². The number of benzene rings is 2. The lowest BCUT2D eigenvalue weighted by atomic mass is 10.1. The summed E-state index contributed by atoms with van der Waals surface area (Å²) in [4.78, 5) is 17.1. The van der Waals surface area contributed by atoms with E-state index in [1.54, 1.807) is 53.3 Å². The van der Waals surface area contributed by atoms with E-state index in [1.807, 2.05) is 13.8 Å². The summed E-state index contributed by atoms with van der Waals surface area (Å²) in [5, 5.41) is 5.24. The molecule has 41 heavy (non-hydrogen) atoms. The molecule has 0 amide bonds. The number of hydrogen-bond donors (Lipinski definition) is 0. The summed E-state index contributed by atoms with van der Waals surface area (Å²) >= 11 is 12.8. The van der Waals surface area contributed by atoms with E-state index in [0.717, 1.165) is 0 Å². The van der Waals surface area contributed by atoms with Crippen LogP contribution in [0.15, 0.2) is 60.8 Å². The van der Waals surface area contributed by atoms with Gasteiger partial charge in [0.2, 0.25) is 5.88 Å². The van der Waals surface area contributed by atoms with Crippen LogP contribution in [0.4, 0.5) is 18.9 Å². The van der Waals surface area contributed by atoms with Crippen LogP contribution < -0.4 is 9.64 Å². The molecule has 0 spiro atoms. The van der Waals surface area contributed by atoms with Crippen molar-refractivity contribution in [1.29, 1.82) is 0 Å². The average Bonchev–Trinajstić information content (AvgIpc) is 3.34. The van der Waals surface area contributed by atoms with Crippen molar-refractivity contribution < 1.29 is 27.4 Å². The van der Waals surface area contributed by atoms with Crippen LogP contribution >= 0.6 is 23.2 Å². The molecule has 0 radical (unpaired) electrons. The van der Waals surface area contributed by atoms with Crippen LogP contribution in [-0.2, 0) is 24.1 Å². The molecular weight excluding hydrogens is 580 g/mol. The molecule has 0 saturated heterocycles. The molecule has 2 aromatic heterocycles. The number of carbonyl (C=O) groups is 1. The normalized spacial score (nSPS) is 11.6. The molecule has 0 aliphatic rings. The Morgan fingerprint density at radius 1 is 1.07 bits per heavy atom. The number of pyridine rings is 1. The first-order valence-corrected chi connectivity index (χ1v) is 13.3. The number of methoxy groups -OCH3 is 1. The molecule has 4 aromatic rings. The first kappa shape index (κ1) is 30.2. The highest BCUT2D eigenvalue weighted by Crippen LogP contribution is 2.39. The summed E-state index contributed by atoms with van der Waals surface area (Å²) < 4.78 is 54.7.